The van der Waals surface area contributed by atoms with Crippen molar-refractivity contribution in [2.24, 2.45) is 12.5 Å². The molecule has 4 aromatic rings. The summed E-state index contributed by atoms with van der Waals surface area (Å²) in [5, 5.41) is 13.4. The highest BCUT2D eigenvalue weighted by Crippen LogP contribution is 2.43. The number of nitrogens with zero attached hydrogens (tertiary/aromatic N) is 2. The lowest BCUT2D eigenvalue weighted by atomic mass is 9.72. The normalized spacial score (nSPS) is 22.6. The van der Waals surface area contributed by atoms with Crippen LogP contribution >= 0.6 is 0 Å². The van der Waals surface area contributed by atoms with Crippen molar-refractivity contribution in [2.45, 2.75) is 69.5 Å². The molecule has 6 rings (SSSR count). The van der Waals surface area contributed by atoms with Crippen LogP contribution in [0.25, 0.3) is 32.8 Å². The molecule has 0 radical (unpaired) electrons. The number of aryl methyl sites for hydroxylation is 1. The number of morpholine rings is 1. The zero-order valence-electron chi connectivity index (χ0n) is 27.9. The van der Waals surface area contributed by atoms with E-state index in [4.69, 9.17) is 4.74 Å². The number of carboxylic acids is 1. The predicted molar refractivity (Wildman–Crippen MR) is 178 cm³/mol. The summed E-state index contributed by atoms with van der Waals surface area (Å²) in [6.45, 7) is 1.53. The van der Waals surface area contributed by atoms with E-state index in [0.29, 0.717) is 29.2 Å². The maximum absolute atomic E-state index is 14.7. The summed E-state index contributed by atoms with van der Waals surface area (Å²) in [6, 6.07) is 11.5. The molecule has 51 heavy (non-hydrogen) atoms. The van der Waals surface area contributed by atoms with Crippen LogP contribution in [0.15, 0.2) is 65.5 Å². The fraction of sp³-hybridized carbons (Fsp3) is 0.432. The SMILES string of the molecule is Cn1c(=O)c(-c2cccc3c(C[C@H](NC(=O)C4(C)CCC(N5CCOC[C@@H]5C(F)(F)F)CC4)C(=O)O)cccc23)c(C(F)(F)F)c2ccccc21. The summed E-state index contributed by atoms with van der Waals surface area (Å²) in [5.41, 5.74) is -2.90. The molecule has 2 N–H and O–H groups in total. The molecular weight excluding hydrogens is 680 g/mol. The van der Waals surface area contributed by atoms with Crippen molar-refractivity contribution in [1.29, 1.82) is 0 Å². The molecule has 1 amide bonds. The molecule has 2 aliphatic rings. The van der Waals surface area contributed by atoms with Crippen LogP contribution in [0, 0.1) is 5.41 Å². The molecule has 2 fully saturated rings. The minimum Gasteiger partial charge on any atom is -0.480 e. The van der Waals surface area contributed by atoms with Gasteiger partial charge in [0.05, 0.1) is 29.9 Å². The van der Waals surface area contributed by atoms with Crippen LogP contribution in [0.1, 0.15) is 43.7 Å². The van der Waals surface area contributed by atoms with E-state index in [0.717, 1.165) is 0 Å². The number of carbonyl (C=O) groups is 2. The van der Waals surface area contributed by atoms with Gasteiger partial charge in [-0.1, -0.05) is 61.5 Å². The molecule has 1 aromatic heterocycles. The minimum atomic E-state index is -4.88. The van der Waals surface area contributed by atoms with Crippen LogP contribution in [0.4, 0.5) is 26.3 Å². The Morgan fingerprint density at radius 3 is 2.27 bits per heavy atom. The smallest absolute Gasteiger partial charge is 0.417 e. The third-order valence-electron chi connectivity index (χ3n) is 10.5. The van der Waals surface area contributed by atoms with Gasteiger partial charge >= 0.3 is 18.3 Å². The third-order valence-corrected chi connectivity index (χ3v) is 10.5. The van der Waals surface area contributed by atoms with Gasteiger partial charge < -0.3 is 19.7 Å². The molecule has 2 atom stereocenters. The Kier molecular flexibility index (Phi) is 9.70. The number of nitrogens with one attached hydrogen (secondary N) is 1. The molecule has 0 bridgehead atoms. The van der Waals surface area contributed by atoms with Gasteiger partial charge in [0.25, 0.3) is 5.56 Å². The Balaban J connectivity index is 1.27. The van der Waals surface area contributed by atoms with Crippen molar-refractivity contribution in [1.82, 2.24) is 14.8 Å². The molecule has 272 valence electrons. The number of hydrogen-bond acceptors (Lipinski definition) is 5. The number of amides is 1. The van der Waals surface area contributed by atoms with E-state index >= 15 is 0 Å². The summed E-state index contributed by atoms with van der Waals surface area (Å²) in [5.74, 6) is -1.88. The molecule has 1 saturated heterocycles. The Labute approximate surface area is 289 Å². The van der Waals surface area contributed by atoms with Crippen molar-refractivity contribution in [3.05, 3.63) is 82.1 Å². The van der Waals surface area contributed by atoms with Gasteiger partial charge in [-0.15, -0.1) is 0 Å². The number of aromatic nitrogens is 1. The number of para-hydroxylation sites is 1. The number of benzene rings is 3. The minimum absolute atomic E-state index is 0.0289. The number of alkyl halides is 6. The molecule has 8 nitrogen and oxygen atoms in total. The van der Waals surface area contributed by atoms with Gasteiger partial charge in [-0.05, 0) is 53.6 Å². The molecule has 1 aliphatic heterocycles. The maximum atomic E-state index is 14.7. The first-order valence-electron chi connectivity index (χ1n) is 16.6. The number of fused-ring (bicyclic) bond motifs is 2. The van der Waals surface area contributed by atoms with Crippen molar-refractivity contribution in [3.63, 3.8) is 0 Å². The first-order valence-corrected chi connectivity index (χ1v) is 16.6. The van der Waals surface area contributed by atoms with Gasteiger partial charge in [-0.25, -0.2) is 4.79 Å². The molecule has 2 heterocycles. The fourth-order valence-electron chi connectivity index (χ4n) is 7.70. The summed E-state index contributed by atoms with van der Waals surface area (Å²) >= 11 is 0. The number of carboxylic acid groups (broad SMARTS) is 1. The summed E-state index contributed by atoms with van der Waals surface area (Å²) in [7, 11) is 1.40. The van der Waals surface area contributed by atoms with E-state index in [1.54, 1.807) is 37.3 Å². The standard InChI is InChI=1S/C37H37F6N3O5/c1-35(15-13-22(14-16-35)46-17-18-51-20-29(46)36(38,39)40)34(50)44-27(33(48)49)19-21-7-5-10-24-23(21)9-6-11-25(24)30-31(37(41,42)43)26-8-3-4-12-28(26)45(2)32(30)47/h3-12,22,27,29H,13-20H2,1-2H3,(H,44,50)(H,48,49)/t22?,27-,29+,35?/m0/s1. The molecule has 1 saturated carbocycles. The first-order chi connectivity index (χ1) is 24.0. The van der Waals surface area contributed by atoms with Crippen LogP contribution < -0.4 is 10.9 Å². The number of hydrogen-bond donors (Lipinski definition) is 2. The van der Waals surface area contributed by atoms with E-state index in [2.05, 4.69) is 5.32 Å². The second-order valence-electron chi connectivity index (χ2n) is 13.7. The van der Waals surface area contributed by atoms with Gasteiger partial charge in [0.1, 0.15) is 12.1 Å². The second kappa shape index (κ2) is 13.6. The van der Waals surface area contributed by atoms with Gasteiger partial charge in [0, 0.05) is 36.9 Å². The zero-order chi connectivity index (χ0) is 36.9. The van der Waals surface area contributed by atoms with E-state index < -0.39 is 71.1 Å². The van der Waals surface area contributed by atoms with Crippen molar-refractivity contribution >= 4 is 33.6 Å². The van der Waals surface area contributed by atoms with Gasteiger partial charge in [0.2, 0.25) is 5.91 Å². The highest BCUT2D eigenvalue weighted by atomic mass is 19.4. The van der Waals surface area contributed by atoms with Crippen LogP contribution in [0.3, 0.4) is 0 Å². The highest BCUT2D eigenvalue weighted by molar-refractivity contribution is 6.02. The Hall–Kier alpha value is -4.43. The van der Waals surface area contributed by atoms with Crippen LogP contribution in [-0.4, -0.2) is 70.5 Å². The lowest BCUT2D eigenvalue weighted by Crippen LogP contribution is -2.58. The number of halogens is 6. The average Bonchev–Trinajstić information content (AvgIpc) is 3.08. The second-order valence-corrected chi connectivity index (χ2v) is 13.7. The number of pyridine rings is 1. The molecule has 0 spiro atoms. The Bertz CT molecular complexity index is 2030. The molecular formula is C37H37F6N3O5. The Morgan fingerprint density at radius 2 is 1.61 bits per heavy atom. The lowest BCUT2D eigenvalue weighted by molar-refractivity contribution is -0.221. The molecule has 1 aliphatic carbocycles. The third kappa shape index (κ3) is 6.95. The highest BCUT2D eigenvalue weighted by Gasteiger charge is 2.49. The van der Waals surface area contributed by atoms with E-state index in [9.17, 15) is 45.8 Å². The first kappa shape index (κ1) is 36.4. The van der Waals surface area contributed by atoms with E-state index in [1.807, 2.05) is 0 Å². The molecule has 14 heteroatoms. The van der Waals surface area contributed by atoms with E-state index in [-0.39, 0.29) is 48.9 Å². The van der Waals surface area contributed by atoms with Crippen LogP contribution in [-0.2, 0) is 34.0 Å². The van der Waals surface area contributed by atoms with Crippen molar-refractivity contribution in [3.8, 4) is 11.1 Å². The maximum Gasteiger partial charge on any atom is 0.417 e. The molecule has 0 unspecified atom stereocenters. The predicted octanol–water partition coefficient (Wildman–Crippen LogP) is 6.70. The fourth-order valence-corrected chi connectivity index (χ4v) is 7.70. The quantitative estimate of drug-likeness (QED) is 0.207. The summed E-state index contributed by atoms with van der Waals surface area (Å²) in [4.78, 5) is 41.1. The van der Waals surface area contributed by atoms with Gasteiger partial charge in [0.15, 0.2) is 0 Å². The largest absolute Gasteiger partial charge is 0.480 e. The van der Waals surface area contributed by atoms with Crippen molar-refractivity contribution in [2.75, 3.05) is 19.8 Å². The van der Waals surface area contributed by atoms with E-state index in [1.165, 1.54) is 46.8 Å². The number of aliphatic carboxylic acids is 1. The number of carbonyl (C=O) groups excluding carboxylic acids is 1. The number of rotatable bonds is 7. The topological polar surface area (TPSA) is 101 Å². The monoisotopic (exact) mass is 717 g/mol. The number of ether oxygens (including phenoxy) is 1. The summed E-state index contributed by atoms with van der Waals surface area (Å²) < 4.78 is 91.4. The van der Waals surface area contributed by atoms with Crippen molar-refractivity contribution < 1.29 is 45.8 Å². The van der Waals surface area contributed by atoms with Crippen LogP contribution in [0.5, 0.6) is 0 Å². The molecule has 3 aromatic carbocycles. The zero-order valence-corrected chi connectivity index (χ0v) is 27.9. The Morgan fingerprint density at radius 1 is 0.961 bits per heavy atom. The lowest BCUT2D eigenvalue weighted by Gasteiger charge is -2.46. The summed E-state index contributed by atoms with van der Waals surface area (Å²) in [6.07, 6.45) is -8.43. The van der Waals surface area contributed by atoms with Crippen LogP contribution in [0.2, 0.25) is 0 Å². The van der Waals surface area contributed by atoms with Gasteiger partial charge in [-0.2, -0.15) is 26.3 Å². The average molecular weight is 718 g/mol. The van der Waals surface area contributed by atoms with Gasteiger partial charge in [-0.3, -0.25) is 14.5 Å².